The van der Waals surface area contributed by atoms with E-state index in [4.69, 9.17) is 10.2 Å². The monoisotopic (exact) mass is 156 g/mol. The summed E-state index contributed by atoms with van der Waals surface area (Å²) in [6.45, 7) is 2.13. The van der Waals surface area contributed by atoms with E-state index in [-0.39, 0.29) is 0 Å². The van der Waals surface area contributed by atoms with Gasteiger partial charge < -0.3 is 10.2 Å². The van der Waals surface area contributed by atoms with Crippen LogP contribution in [0.3, 0.4) is 0 Å². The van der Waals surface area contributed by atoms with E-state index in [0.717, 1.165) is 19.3 Å². The lowest BCUT2D eigenvalue weighted by molar-refractivity contribution is -0.0566. The molecule has 1 aliphatic rings. The Morgan fingerprint density at radius 3 is 2.82 bits per heavy atom. The van der Waals surface area contributed by atoms with Gasteiger partial charge in [-0.1, -0.05) is 11.6 Å². The summed E-state index contributed by atoms with van der Waals surface area (Å²) < 4.78 is 0. The highest BCUT2D eigenvalue weighted by atomic mass is 16.5. The molecule has 0 aromatic rings. The number of hydrogen-bond acceptors (Lipinski definition) is 2. The number of allylic oxidation sites excluding steroid dienone is 2. The minimum atomic E-state index is -1.12. The average Bonchev–Trinajstić information content (AvgIpc) is 1.93. The molecule has 64 valence electrons. The largest absolute Gasteiger partial charge is 0.368 e. The van der Waals surface area contributed by atoms with Crippen molar-refractivity contribution in [3.63, 3.8) is 0 Å². The van der Waals surface area contributed by atoms with Crippen molar-refractivity contribution in [1.29, 1.82) is 0 Å². The molecule has 1 rings (SSSR count). The van der Waals surface area contributed by atoms with Crippen LogP contribution < -0.4 is 0 Å². The first-order valence-electron chi connectivity index (χ1n) is 4.20. The van der Waals surface area contributed by atoms with E-state index in [1.165, 1.54) is 5.57 Å². The van der Waals surface area contributed by atoms with E-state index in [1.807, 2.05) is 0 Å². The second-order valence-electron chi connectivity index (χ2n) is 3.41. The fraction of sp³-hybridized carbons (Fsp3) is 0.778. The Bertz CT molecular complexity index is 150. The molecular formula is C9H16O2. The number of rotatable bonds is 2. The van der Waals surface area contributed by atoms with Crippen molar-refractivity contribution in [2.24, 2.45) is 5.92 Å². The van der Waals surface area contributed by atoms with Gasteiger partial charge in [-0.15, -0.1) is 0 Å². The van der Waals surface area contributed by atoms with Gasteiger partial charge in [0, 0.05) is 6.42 Å². The van der Waals surface area contributed by atoms with Gasteiger partial charge in [-0.05, 0) is 32.1 Å². The van der Waals surface area contributed by atoms with Gasteiger partial charge in [-0.2, -0.15) is 0 Å². The summed E-state index contributed by atoms with van der Waals surface area (Å²) in [5.74, 6) is 0.485. The second kappa shape index (κ2) is 3.88. The third-order valence-corrected chi connectivity index (χ3v) is 2.29. The molecule has 2 N–H and O–H groups in total. The molecule has 0 spiro atoms. The number of aliphatic hydroxyl groups excluding tert-OH is 1. The Hall–Kier alpha value is -0.340. The van der Waals surface area contributed by atoms with Crippen molar-refractivity contribution in [3.8, 4) is 0 Å². The topological polar surface area (TPSA) is 40.5 Å². The summed E-state index contributed by atoms with van der Waals surface area (Å²) in [6, 6.07) is 0. The normalized spacial score (nSPS) is 25.5. The van der Waals surface area contributed by atoms with Crippen LogP contribution in [0, 0.1) is 5.92 Å². The zero-order chi connectivity index (χ0) is 8.27. The molecular weight excluding hydrogens is 140 g/mol. The Morgan fingerprint density at radius 2 is 2.36 bits per heavy atom. The molecule has 0 fully saturated rings. The highest BCUT2D eigenvalue weighted by Crippen LogP contribution is 2.26. The van der Waals surface area contributed by atoms with Gasteiger partial charge in [-0.25, -0.2) is 0 Å². The van der Waals surface area contributed by atoms with Gasteiger partial charge in [-0.3, -0.25) is 0 Å². The van der Waals surface area contributed by atoms with E-state index in [9.17, 15) is 0 Å². The smallest absolute Gasteiger partial charge is 0.151 e. The van der Waals surface area contributed by atoms with E-state index < -0.39 is 6.29 Å². The van der Waals surface area contributed by atoms with Crippen LogP contribution in [0.2, 0.25) is 0 Å². The third-order valence-electron chi connectivity index (χ3n) is 2.29. The maximum absolute atomic E-state index is 8.71. The maximum Gasteiger partial charge on any atom is 0.151 e. The first-order chi connectivity index (χ1) is 5.18. The molecule has 0 saturated heterocycles. The Kier molecular flexibility index (Phi) is 3.09. The van der Waals surface area contributed by atoms with Crippen molar-refractivity contribution < 1.29 is 10.2 Å². The lowest BCUT2D eigenvalue weighted by Gasteiger charge is -2.20. The second-order valence-corrected chi connectivity index (χ2v) is 3.41. The highest BCUT2D eigenvalue weighted by molar-refractivity contribution is 5.02. The van der Waals surface area contributed by atoms with E-state index in [1.54, 1.807) is 0 Å². The molecule has 1 atom stereocenters. The average molecular weight is 156 g/mol. The van der Waals surface area contributed by atoms with Gasteiger partial charge in [0.15, 0.2) is 6.29 Å². The predicted molar refractivity (Wildman–Crippen MR) is 43.9 cm³/mol. The molecule has 0 aromatic carbocycles. The van der Waals surface area contributed by atoms with Crippen LogP contribution in [0.4, 0.5) is 0 Å². The summed E-state index contributed by atoms with van der Waals surface area (Å²) in [5, 5.41) is 17.4. The highest BCUT2D eigenvalue weighted by Gasteiger charge is 2.14. The zero-order valence-corrected chi connectivity index (χ0v) is 6.95. The molecule has 0 radical (unpaired) electrons. The molecule has 11 heavy (non-hydrogen) atoms. The molecule has 0 aliphatic heterocycles. The van der Waals surface area contributed by atoms with Crippen LogP contribution in [-0.4, -0.2) is 16.5 Å². The predicted octanol–water partition coefficient (Wildman–Crippen LogP) is 1.43. The summed E-state index contributed by atoms with van der Waals surface area (Å²) in [5.41, 5.74) is 1.44. The Labute approximate surface area is 67.6 Å². The fourth-order valence-electron chi connectivity index (χ4n) is 1.53. The fourth-order valence-corrected chi connectivity index (χ4v) is 1.53. The molecule has 0 aromatic heterocycles. The van der Waals surface area contributed by atoms with Gasteiger partial charge >= 0.3 is 0 Å². The molecule has 0 saturated carbocycles. The number of aliphatic hydroxyl groups is 2. The van der Waals surface area contributed by atoms with E-state index in [2.05, 4.69) is 13.0 Å². The molecule has 0 unspecified atom stereocenters. The summed E-state index contributed by atoms with van der Waals surface area (Å²) >= 11 is 0. The van der Waals surface area contributed by atoms with Crippen LogP contribution >= 0.6 is 0 Å². The zero-order valence-electron chi connectivity index (χ0n) is 6.95. The Balaban J connectivity index is 2.29. The van der Waals surface area contributed by atoms with E-state index in [0.29, 0.717) is 12.3 Å². The first-order valence-corrected chi connectivity index (χ1v) is 4.20. The summed E-state index contributed by atoms with van der Waals surface area (Å²) in [7, 11) is 0. The van der Waals surface area contributed by atoms with Gasteiger partial charge in [0.25, 0.3) is 0 Å². The van der Waals surface area contributed by atoms with Gasteiger partial charge in [0.05, 0.1) is 0 Å². The van der Waals surface area contributed by atoms with Gasteiger partial charge in [0.2, 0.25) is 0 Å². The van der Waals surface area contributed by atoms with Crippen molar-refractivity contribution in [2.45, 2.75) is 38.9 Å². The van der Waals surface area contributed by atoms with Crippen molar-refractivity contribution in [1.82, 2.24) is 0 Å². The van der Waals surface area contributed by atoms with Crippen LogP contribution in [0.1, 0.15) is 32.6 Å². The third kappa shape index (κ3) is 3.04. The molecule has 0 heterocycles. The molecule has 1 aliphatic carbocycles. The summed E-state index contributed by atoms with van der Waals surface area (Å²) in [4.78, 5) is 0. The van der Waals surface area contributed by atoms with Crippen molar-refractivity contribution in [3.05, 3.63) is 11.6 Å². The quantitative estimate of drug-likeness (QED) is 0.469. The van der Waals surface area contributed by atoms with Gasteiger partial charge in [0.1, 0.15) is 0 Å². The van der Waals surface area contributed by atoms with Crippen LogP contribution in [0.15, 0.2) is 11.6 Å². The Morgan fingerprint density at radius 1 is 1.64 bits per heavy atom. The van der Waals surface area contributed by atoms with Crippen molar-refractivity contribution >= 4 is 0 Å². The SMILES string of the molecule is CC1=CC[C@@H](CC(O)O)CC1. The first kappa shape index (κ1) is 8.75. The van der Waals surface area contributed by atoms with Crippen LogP contribution in [-0.2, 0) is 0 Å². The molecule has 0 bridgehead atoms. The number of hydrogen-bond donors (Lipinski definition) is 2. The lowest BCUT2D eigenvalue weighted by Crippen LogP contribution is -2.14. The molecule has 0 amide bonds. The minimum Gasteiger partial charge on any atom is -0.368 e. The van der Waals surface area contributed by atoms with Crippen LogP contribution in [0.25, 0.3) is 0 Å². The van der Waals surface area contributed by atoms with Crippen molar-refractivity contribution in [2.75, 3.05) is 0 Å². The molecule has 2 heteroatoms. The lowest BCUT2D eigenvalue weighted by atomic mass is 9.88. The maximum atomic E-state index is 8.71. The standard InChI is InChI=1S/C9H16O2/c1-7-2-4-8(5-3-7)6-9(10)11/h2,8-11H,3-6H2,1H3/t8-/m1/s1. The molecule has 2 nitrogen and oxygen atoms in total. The minimum absolute atomic E-state index is 0.485. The summed E-state index contributed by atoms with van der Waals surface area (Å²) in [6.07, 6.45) is 4.87. The van der Waals surface area contributed by atoms with E-state index >= 15 is 0 Å². The van der Waals surface area contributed by atoms with Crippen LogP contribution in [0.5, 0.6) is 0 Å².